The van der Waals surface area contributed by atoms with Gasteiger partial charge >= 0.3 is 5.97 Å². The highest BCUT2D eigenvalue weighted by Crippen LogP contribution is 2.26. The summed E-state index contributed by atoms with van der Waals surface area (Å²) in [6.45, 7) is 9.14. The van der Waals surface area contributed by atoms with Gasteiger partial charge in [-0.15, -0.1) is 0 Å². The Bertz CT molecular complexity index is 424. The van der Waals surface area contributed by atoms with Gasteiger partial charge < -0.3 is 10.1 Å². The molecule has 118 valence electrons. The minimum absolute atomic E-state index is 0.154. The van der Waals surface area contributed by atoms with E-state index in [-0.39, 0.29) is 5.97 Å². The minimum atomic E-state index is -0.603. The molecule has 0 aliphatic carbocycles. The first kappa shape index (κ1) is 18.1. The van der Waals surface area contributed by atoms with E-state index >= 15 is 0 Å². The average Bonchev–Trinajstić information content (AvgIpc) is 2.46. The summed E-state index contributed by atoms with van der Waals surface area (Å²) in [5.74, 6) is 0.812. The maximum atomic E-state index is 12.2. The van der Waals surface area contributed by atoms with E-state index in [4.69, 9.17) is 4.74 Å². The summed E-state index contributed by atoms with van der Waals surface area (Å²) in [5, 5.41) is 3.66. The van der Waals surface area contributed by atoms with Crippen molar-refractivity contribution >= 4 is 17.7 Å². The fourth-order valence-corrected chi connectivity index (χ4v) is 3.48. The molecule has 0 bridgehead atoms. The standard InChI is InChI=1S/C17H27NO2S/c1-5-18-17(4,16(19)20-6-2)12-14(3)21-13-15-10-8-7-9-11-15/h7-11,14,18H,5-6,12-13H2,1-4H3. The Balaban J connectivity index is 2.55. The predicted molar refractivity (Wildman–Crippen MR) is 90.5 cm³/mol. The Hall–Kier alpha value is -1.00. The summed E-state index contributed by atoms with van der Waals surface area (Å²) in [6, 6.07) is 10.4. The second-order valence-electron chi connectivity index (χ2n) is 5.39. The van der Waals surface area contributed by atoms with Crippen molar-refractivity contribution in [2.24, 2.45) is 0 Å². The summed E-state index contributed by atoms with van der Waals surface area (Å²) < 4.78 is 5.21. The number of carbonyl (C=O) groups excluding carboxylic acids is 1. The van der Waals surface area contributed by atoms with Crippen LogP contribution >= 0.6 is 11.8 Å². The third kappa shape index (κ3) is 6.10. The van der Waals surface area contributed by atoms with Crippen LogP contribution in [0.1, 0.15) is 39.7 Å². The van der Waals surface area contributed by atoms with Gasteiger partial charge in [-0.05, 0) is 32.4 Å². The molecule has 1 aromatic carbocycles. The lowest BCUT2D eigenvalue weighted by Crippen LogP contribution is -2.51. The van der Waals surface area contributed by atoms with Crippen molar-refractivity contribution in [1.29, 1.82) is 0 Å². The van der Waals surface area contributed by atoms with Crippen LogP contribution in [0.4, 0.5) is 0 Å². The smallest absolute Gasteiger partial charge is 0.326 e. The zero-order chi connectivity index (χ0) is 15.7. The van der Waals surface area contributed by atoms with Crippen molar-refractivity contribution in [3.8, 4) is 0 Å². The predicted octanol–water partition coefficient (Wildman–Crippen LogP) is 3.63. The number of hydrogen-bond donors (Lipinski definition) is 1. The molecule has 1 aromatic rings. The maximum Gasteiger partial charge on any atom is 0.326 e. The molecule has 0 spiro atoms. The Kier molecular flexibility index (Phi) is 7.83. The van der Waals surface area contributed by atoms with Gasteiger partial charge in [0.25, 0.3) is 0 Å². The first-order valence-electron chi connectivity index (χ1n) is 7.59. The summed E-state index contributed by atoms with van der Waals surface area (Å²) >= 11 is 1.87. The number of carbonyl (C=O) groups is 1. The lowest BCUT2D eigenvalue weighted by molar-refractivity contribution is -0.150. The van der Waals surface area contributed by atoms with Crippen molar-refractivity contribution in [3.05, 3.63) is 35.9 Å². The topological polar surface area (TPSA) is 38.3 Å². The van der Waals surface area contributed by atoms with E-state index in [0.717, 1.165) is 18.7 Å². The van der Waals surface area contributed by atoms with Crippen molar-refractivity contribution in [2.75, 3.05) is 13.2 Å². The second kappa shape index (κ2) is 9.11. The van der Waals surface area contributed by atoms with E-state index in [0.29, 0.717) is 11.9 Å². The van der Waals surface area contributed by atoms with Crippen molar-refractivity contribution in [2.45, 2.75) is 50.7 Å². The van der Waals surface area contributed by atoms with E-state index in [2.05, 4.69) is 36.5 Å². The first-order chi connectivity index (χ1) is 10.0. The molecule has 1 rings (SSSR count). The molecule has 0 heterocycles. The Morgan fingerprint density at radius 3 is 2.57 bits per heavy atom. The number of nitrogens with one attached hydrogen (secondary N) is 1. The lowest BCUT2D eigenvalue weighted by Gasteiger charge is -2.30. The van der Waals surface area contributed by atoms with E-state index in [9.17, 15) is 4.79 Å². The molecule has 0 aromatic heterocycles. The number of ether oxygens (including phenoxy) is 1. The van der Waals surface area contributed by atoms with E-state index in [1.807, 2.05) is 38.6 Å². The van der Waals surface area contributed by atoms with Crippen molar-refractivity contribution in [3.63, 3.8) is 0 Å². The molecule has 0 radical (unpaired) electrons. The van der Waals surface area contributed by atoms with Gasteiger partial charge in [-0.1, -0.05) is 44.2 Å². The number of hydrogen-bond acceptors (Lipinski definition) is 4. The van der Waals surface area contributed by atoms with E-state index < -0.39 is 5.54 Å². The summed E-state index contributed by atoms with van der Waals surface area (Å²) in [4.78, 5) is 12.2. The zero-order valence-electron chi connectivity index (χ0n) is 13.5. The SMILES string of the molecule is CCNC(C)(CC(C)SCc1ccccc1)C(=O)OCC. The van der Waals surface area contributed by atoms with Gasteiger partial charge in [0.05, 0.1) is 6.61 Å². The van der Waals surface area contributed by atoms with Crippen LogP contribution in [0.2, 0.25) is 0 Å². The molecule has 1 N–H and O–H groups in total. The Labute approximate surface area is 132 Å². The fraction of sp³-hybridized carbons (Fsp3) is 0.588. The van der Waals surface area contributed by atoms with Crippen LogP contribution in [0, 0.1) is 0 Å². The molecule has 0 saturated heterocycles. The van der Waals surface area contributed by atoms with Crippen LogP contribution in [0.5, 0.6) is 0 Å². The molecule has 2 atom stereocenters. The van der Waals surface area contributed by atoms with Crippen molar-refractivity contribution in [1.82, 2.24) is 5.32 Å². The fourth-order valence-electron chi connectivity index (χ4n) is 2.35. The second-order valence-corrected chi connectivity index (χ2v) is 6.82. The molecular weight excluding hydrogens is 282 g/mol. The molecule has 3 nitrogen and oxygen atoms in total. The molecule has 0 amide bonds. The monoisotopic (exact) mass is 309 g/mol. The highest BCUT2D eigenvalue weighted by atomic mass is 32.2. The van der Waals surface area contributed by atoms with Gasteiger partial charge in [0.2, 0.25) is 0 Å². The molecule has 4 heteroatoms. The highest BCUT2D eigenvalue weighted by molar-refractivity contribution is 7.99. The maximum absolute atomic E-state index is 12.2. The third-order valence-corrected chi connectivity index (χ3v) is 4.60. The molecule has 0 aliphatic rings. The van der Waals surface area contributed by atoms with Crippen molar-refractivity contribution < 1.29 is 9.53 Å². The van der Waals surface area contributed by atoms with Gasteiger partial charge in [0, 0.05) is 11.0 Å². The largest absolute Gasteiger partial charge is 0.465 e. The normalized spacial score (nSPS) is 15.2. The van der Waals surface area contributed by atoms with Gasteiger partial charge in [-0.3, -0.25) is 4.79 Å². The number of likely N-dealkylation sites (N-methyl/N-ethyl adjacent to an activating group) is 1. The Morgan fingerprint density at radius 2 is 2.00 bits per heavy atom. The Morgan fingerprint density at radius 1 is 1.33 bits per heavy atom. The lowest BCUT2D eigenvalue weighted by atomic mass is 9.96. The number of esters is 1. The molecular formula is C17H27NO2S. The van der Waals surface area contributed by atoms with Crippen LogP contribution in [-0.2, 0) is 15.3 Å². The van der Waals surface area contributed by atoms with E-state index in [1.165, 1.54) is 5.56 Å². The van der Waals surface area contributed by atoms with Crippen LogP contribution in [-0.4, -0.2) is 29.9 Å². The van der Waals surface area contributed by atoms with Crippen LogP contribution in [0.15, 0.2) is 30.3 Å². The van der Waals surface area contributed by atoms with Crippen LogP contribution < -0.4 is 5.32 Å². The minimum Gasteiger partial charge on any atom is -0.465 e. The molecule has 21 heavy (non-hydrogen) atoms. The van der Waals surface area contributed by atoms with Gasteiger partial charge in [0.1, 0.15) is 5.54 Å². The molecule has 0 aliphatic heterocycles. The summed E-state index contributed by atoms with van der Waals surface area (Å²) in [6.07, 6.45) is 0.761. The third-order valence-electron chi connectivity index (χ3n) is 3.37. The first-order valence-corrected chi connectivity index (χ1v) is 8.64. The zero-order valence-corrected chi connectivity index (χ0v) is 14.3. The van der Waals surface area contributed by atoms with Gasteiger partial charge in [0.15, 0.2) is 0 Å². The van der Waals surface area contributed by atoms with Gasteiger partial charge in [-0.25, -0.2) is 0 Å². The number of thioether (sulfide) groups is 1. The highest BCUT2D eigenvalue weighted by Gasteiger charge is 2.35. The van der Waals surface area contributed by atoms with Gasteiger partial charge in [-0.2, -0.15) is 11.8 Å². The number of rotatable bonds is 9. The molecule has 0 fully saturated rings. The quantitative estimate of drug-likeness (QED) is 0.707. The summed E-state index contributed by atoms with van der Waals surface area (Å²) in [5.41, 5.74) is 0.712. The van der Waals surface area contributed by atoms with E-state index in [1.54, 1.807) is 0 Å². The van der Waals surface area contributed by atoms with Crippen LogP contribution in [0.25, 0.3) is 0 Å². The molecule has 0 saturated carbocycles. The molecule has 2 unspecified atom stereocenters. The number of benzene rings is 1. The van der Waals surface area contributed by atoms with Crippen LogP contribution in [0.3, 0.4) is 0 Å². The summed E-state index contributed by atoms with van der Waals surface area (Å²) in [7, 11) is 0. The average molecular weight is 309 g/mol.